The standard InChI is InChI=1S/C18H19BrO8/c1-5-24-14(20)9-25-15-12(19)7-10(8-13(15)23-4)6-11-16(21)26-18(2,3)27-17(11)22/h6-8H,5,9H2,1-4H3. The number of rotatable bonds is 6. The first-order valence-electron chi connectivity index (χ1n) is 8.01. The normalized spacial score (nSPS) is 15.5. The van der Waals surface area contributed by atoms with Crippen molar-refractivity contribution in [3.8, 4) is 11.5 Å². The van der Waals surface area contributed by atoms with Crippen LogP contribution >= 0.6 is 15.9 Å². The van der Waals surface area contributed by atoms with Gasteiger partial charge in [0.2, 0.25) is 0 Å². The maximum Gasteiger partial charge on any atom is 0.348 e. The SMILES string of the molecule is CCOC(=O)COc1c(Br)cc(C=C2C(=O)OC(C)(C)OC2=O)cc1OC. The smallest absolute Gasteiger partial charge is 0.348 e. The monoisotopic (exact) mass is 442 g/mol. The van der Waals surface area contributed by atoms with Gasteiger partial charge in [-0.05, 0) is 46.6 Å². The molecule has 0 amide bonds. The maximum atomic E-state index is 12.1. The summed E-state index contributed by atoms with van der Waals surface area (Å²) in [5, 5.41) is 0. The summed E-state index contributed by atoms with van der Waals surface area (Å²) in [5.74, 6) is -2.83. The zero-order valence-electron chi connectivity index (χ0n) is 15.3. The number of ether oxygens (including phenoxy) is 5. The van der Waals surface area contributed by atoms with E-state index < -0.39 is 23.7 Å². The molecule has 0 saturated carbocycles. The van der Waals surface area contributed by atoms with Crippen LogP contribution in [0.5, 0.6) is 11.5 Å². The van der Waals surface area contributed by atoms with Gasteiger partial charge in [0.05, 0.1) is 18.2 Å². The summed E-state index contributed by atoms with van der Waals surface area (Å²) in [5.41, 5.74) is 0.217. The van der Waals surface area contributed by atoms with Crippen LogP contribution in [-0.4, -0.2) is 44.0 Å². The topological polar surface area (TPSA) is 97.4 Å². The number of carbonyl (C=O) groups excluding carboxylic acids is 3. The van der Waals surface area contributed by atoms with Gasteiger partial charge in [0.1, 0.15) is 5.57 Å². The summed E-state index contributed by atoms with van der Waals surface area (Å²) in [7, 11) is 1.42. The fraction of sp³-hybridized carbons (Fsp3) is 0.389. The third-order valence-electron chi connectivity index (χ3n) is 3.32. The lowest BCUT2D eigenvalue weighted by molar-refractivity contribution is -0.222. The molecule has 9 heteroatoms. The highest BCUT2D eigenvalue weighted by molar-refractivity contribution is 9.10. The first kappa shape index (κ1) is 20.8. The van der Waals surface area contributed by atoms with Crippen molar-refractivity contribution in [1.82, 2.24) is 0 Å². The number of carbonyl (C=O) groups is 3. The Morgan fingerprint density at radius 2 is 1.85 bits per heavy atom. The van der Waals surface area contributed by atoms with E-state index in [-0.39, 0.29) is 24.5 Å². The molecule has 1 fully saturated rings. The number of benzene rings is 1. The van der Waals surface area contributed by atoms with Gasteiger partial charge in [-0.25, -0.2) is 14.4 Å². The minimum atomic E-state index is -1.31. The van der Waals surface area contributed by atoms with Gasteiger partial charge >= 0.3 is 17.9 Å². The van der Waals surface area contributed by atoms with E-state index in [4.69, 9.17) is 23.7 Å². The van der Waals surface area contributed by atoms with Crippen molar-refractivity contribution in [3.63, 3.8) is 0 Å². The lowest BCUT2D eigenvalue weighted by atomic mass is 10.1. The van der Waals surface area contributed by atoms with E-state index >= 15 is 0 Å². The van der Waals surface area contributed by atoms with Crippen molar-refractivity contribution >= 4 is 39.9 Å². The van der Waals surface area contributed by atoms with Gasteiger partial charge < -0.3 is 23.7 Å². The van der Waals surface area contributed by atoms with Crippen LogP contribution in [0.25, 0.3) is 6.08 Å². The summed E-state index contributed by atoms with van der Waals surface area (Å²) in [6.07, 6.45) is 1.32. The zero-order chi connectivity index (χ0) is 20.2. The van der Waals surface area contributed by atoms with Crippen LogP contribution in [0.2, 0.25) is 0 Å². The van der Waals surface area contributed by atoms with E-state index in [1.165, 1.54) is 27.0 Å². The third-order valence-corrected chi connectivity index (χ3v) is 3.91. The van der Waals surface area contributed by atoms with E-state index in [9.17, 15) is 14.4 Å². The Labute approximate surface area is 164 Å². The quantitative estimate of drug-likeness (QED) is 0.376. The highest BCUT2D eigenvalue weighted by atomic mass is 79.9. The minimum absolute atomic E-state index is 0.246. The van der Waals surface area contributed by atoms with Gasteiger partial charge in [0.15, 0.2) is 18.1 Å². The molecule has 2 rings (SSSR count). The Hall–Kier alpha value is -2.55. The van der Waals surface area contributed by atoms with Crippen molar-refractivity contribution < 1.29 is 38.1 Å². The largest absolute Gasteiger partial charge is 0.493 e. The van der Waals surface area contributed by atoms with Gasteiger partial charge in [-0.3, -0.25) is 0 Å². The number of cyclic esters (lactones) is 2. The fourth-order valence-electron chi connectivity index (χ4n) is 2.24. The molecule has 0 aliphatic carbocycles. The van der Waals surface area contributed by atoms with Crippen LogP contribution in [0.4, 0.5) is 0 Å². The van der Waals surface area contributed by atoms with Crippen molar-refractivity contribution in [1.29, 1.82) is 0 Å². The molecule has 0 aromatic heterocycles. The minimum Gasteiger partial charge on any atom is -0.493 e. The van der Waals surface area contributed by atoms with Gasteiger partial charge in [-0.2, -0.15) is 0 Å². The molecular weight excluding hydrogens is 424 g/mol. The van der Waals surface area contributed by atoms with Gasteiger partial charge in [-0.15, -0.1) is 0 Å². The van der Waals surface area contributed by atoms with Crippen molar-refractivity contribution in [3.05, 3.63) is 27.7 Å². The molecule has 0 unspecified atom stereocenters. The van der Waals surface area contributed by atoms with E-state index in [1.807, 2.05) is 0 Å². The molecule has 8 nitrogen and oxygen atoms in total. The second-order valence-electron chi connectivity index (χ2n) is 5.86. The van der Waals surface area contributed by atoms with Gasteiger partial charge in [0.25, 0.3) is 5.79 Å². The van der Waals surface area contributed by atoms with E-state index in [0.717, 1.165) is 0 Å². The van der Waals surface area contributed by atoms with Crippen LogP contribution < -0.4 is 9.47 Å². The molecule has 1 aromatic rings. The van der Waals surface area contributed by atoms with Crippen LogP contribution in [0.15, 0.2) is 22.2 Å². The second-order valence-corrected chi connectivity index (χ2v) is 6.72. The molecule has 1 aliphatic heterocycles. The summed E-state index contributed by atoms with van der Waals surface area (Å²) in [4.78, 5) is 35.6. The highest BCUT2D eigenvalue weighted by Gasteiger charge is 2.38. The first-order valence-corrected chi connectivity index (χ1v) is 8.80. The summed E-state index contributed by atoms with van der Waals surface area (Å²) in [6.45, 7) is 4.58. The predicted octanol–water partition coefficient (Wildman–Crippen LogP) is 2.62. The molecule has 1 aliphatic rings. The lowest BCUT2D eigenvalue weighted by Crippen LogP contribution is -2.41. The Bertz CT molecular complexity index is 775. The molecule has 0 bridgehead atoms. The van der Waals surface area contributed by atoms with Crippen molar-refractivity contribution in [2.24, 2.45) is 0 Å². The van der Waals surface area contributed by atoms with Crippen molar-refractivity contribution in [2.45, 2.75) is 26.6 Å². The van der Waals surface area contributed by atoms with E-state index in [0.29, 0.717) is 15.8 Å². The first-order chi connectivity index (χ1) is 12.7. The average Bonchev–Trinajstić information content (AvgIpc) is 2.56. The molecule has 1 heterocycles. The summed E-state index contributed by atoms with van der Waals surface area (Å²) >= 11 is 3.32. The number of esters is 3. The molecule has 0 atom stereocenters. The Balaban J connectivity index is 2.29. The van der Waals surface area contributed by atoms with E-state index in [1.54, 1.807) is 19.1 Å². The molecule has 1 saturated heterocycles. The van der Waals surface area contributed by atoms with Crippen LogP contribution in [-0.2, 0) is 28.6 Å². The Morgan fingerprint density at radius 3 is 2.41 bits per heavy atom. The van der Waals surface area contributed by atoms with Crippen LogP contribution in [0.1, 0.15) is 26.3 Å². The Kier molecular flexibility index (Phi) is 6.48. The third kappa shape index (κ3) is 5.22. The van der Waals surface area contributed by atoms with Crippen LogP contribution in [0, 0.1) is 0 Å². The Morgan fingerprint density at radius 1 is 1.22 bits per heavy atom. The number of halogens is 1. The molecule has 0 spiro atoms. The van der Waals surface area contributed by atoms with Crippen LogP contribution in [0.3, 0.4) is 0 Å². The average molecular weight is 443 g/mol. The fourth-order valence-corrected chi connectivity index (χ4v) is 2.82. The van der Waals surface area contributed by atoms with Crippen molar-refractivity contribution in [2.75, 3.05) is 20.3 Å². The number of methoxy groups -OCH3 is 1. The lowest BCUT2D eigenvalue weighted by Gasteiger charge is -2.29. The van der Waals surface area contributed by atoms with E-state index in [2.05, 4.69) is 15.9 Å². The molecule has 0 N–H and O–H groups in total. The van der Waals surface area contributed by atoms with Gasteiger partial charge in [0, 0.05) is 13.8 Å². The molecule has 0 radical (unpaired) electrons. The zero-order valence-corrected chi connectivity index (χ0v) is 16.9. The molecule has 146 valence electrons. The number of hydrogen-bond donors (Lipinski definition) is 0. The number of hydrogen-bond acceptors (Lipinski definition) is 8. The van der Waals surface area contributed by atoms with Gasteiger partial charge in [-0.1, -0.05) is 0 Å². The predicted molar refractivity (Wildman–Crippen MR) is 97.1 cm³/mol. The molecule has 27 heavy (non-hydrogen) atoms. The second kappa shape index (κ2) is 8.43. The summed E-state index contributed by atoms with van der Waals surface area (Å²) < 4.78 is 26.1. The highest BCUT2D eigenvalue weighted by Crippen LogP contribution is 2.37. The summed E-state index contributed by atoms with van der Waals surface area (Å²) in [6, 6.07) is 3.13. The molecular formula is C18H19BrO8. The molecule has 1 aromatic carbocycles. The maximum absolute atomic E-state index is 12.1.